The van der Waals surface area contributed by atoms with Crippen LogP contribution in [0.15, 0.2) is 0 Å². The Bertz CT molecular complexity index is 348. The number of phosphoric acid groups is 3. The number of rotatable bonds is 0. The third-order valence-electron chi connectivity index (χ3n) is 1.27. The van der Waals surface area contributed by atoms with E-state index in [1.54, 1.807) is 0 Å². The SMILES string of the molecule is C=P12OP3(=O)OP(=O)(O1)OP(=O)(O2)O3. The maximum absolute atomic E-state index is 11.5. The predicted octanol–water partition coefficient (Wildman–Crippen LogP) is 2.65. The van der Waals surface area contributed by atoms with Crippen molar-refractivity contribution < 1.29 is 39.6 Å². The Morgan fingerprint density at radius 1 is 0.643 bits per heavy atom. The van der Waals surface area contributed by atoms with Crippen molar-refractivity contribution in [1.82, 2.24) is 0 Å². The lowest BCUT2D eigenvalue weighted by Gasteiger charge is -2.45. The molecule has 0 unspecified atom stereocenters. The van der Waals surface area contributed by atoms with Crippen molar-refractivity contribution in [2.75, 3.05) is 0 Å². The summed E-state index contributed by atoms with van der Waals surface area (Å²) in [4.78, 5) is 0. The van der Waals surface area contributed by atoms with Crippen LogP contribution in [0.3, 0.4) is 0 Å². The van der Waals surface area contributed by atoms with Crippen LogP contribution in [0.2, 0.25) is 0 Å². The van der Waals surface area contributed by atoms with Gasteiger partial charge in [0.15, 0.2) is 0 Å². The van der Waals surface area contributed by atoms with E-state index in [0.29, 0.717) is 0 Å². The molecular weight excluding hydrogens is 280 g/mol. The minimum atomic E-state index is -4.18. The van der Waals surface area contributed by atoms with Gasteiger partial charge in [0.2, 0.25) is 0 Å². The van der Waals surface area contributed by atoms with E-state index in [1.807, 2.05) is 0 Å². The van der Waals surface area contributed by atoms with Crippen LogP contribution in [-0.2, 0) is 39.6 Å². The van der Waals surface area contributed by atoms with Crippen molar-refractivity contribution in [2.24, 2.45) is 0 Å². The molecule has 4 aliphatic rings. The first-order valence-corrected chi connectivity index (χ1v) is 9.16. The van der Waals surface area contributed by atoms with Gasteiger partial charge in [0.1, 0.15) is 0 Å². The molecule has 4 saturated heterocycles. The highest BCUT2D eigenvalue weighted by atomic mass is 31.4. The average molecular weight is 282 g/mol. The minimum absolute atomic E-state index is 3.25. The van der Waals surface area contributed by atoms with Crippen LogP contribution in [0.25, 0.3) is 0 Å². The Kier molecular flexibility index (Phi) is 1.68. The van der Waals surface area contributed by atoms with Gasteiger partial charge >= 0.3 is 23.5 Å². The summed E-state index contributed by atoms with van der Waals surface area (Å²) in [5.74, 6) is 0. The van der Waals surface area contributed by atoms with E-state index in [-0.39, 0.29) is 0 Å². The van der Waals surface area contributed by atoms with E-state index in [2.05, 4.69) is 32.2 Å². The van der Waals surface area contributed by atoms with Crippen LogP contribution in [0, 0.1) is 0 Å². The van der Waals surface area contributed by atoms with Crippen molar-refractivity contribution in [3.8, 4) is 0 Å². The first-order chi connectivity index (χ1) is 6.24. The van der Waals surface area contributed by atoms with E-state index < -0.39 is 31.0 Å². The monoisotopic (exact) mass is 282 g/mol. The molecule has 0 spiro atoms. The predicted molar refractivity (Wildman–Crippen MR) is 43.4 cm³/mol. The van der Waals surface area contributed by atoms with E-state index in [0.717, 1.165) is 0 Å². The molecule has 0 aromatic carbocycles. The Hall–Kier alpha value is 0.750. The highest BCUT2D eigenvalue weighted by Crippen LogP contribution is 2.99. The average Bonchev–Trinajstić information content (AvgIpc) is 1.67. The molecule has 0 saturated carbocycles. The maximum Gasteiger partial charge on any atom is 0.499 e. The lowest BCUT2D eigenvalue weighted by Crippen LogP contribution is -2.20. The molecule has 9 nitrogen and oxygen atoms in total. The van der Waals surface area contributed by atoms with E-state index >= 15 is 0 Å². The van der Waals surface area contributed by atoms with Crippen LogP contribution >= 0.6 is 31.0 Å². The summed E-state index contributed by atoms with van der Waals surface area (Å²) < 4.78 is 60.9. The van der Waals surface area contributed by atoms with Crippen molar-refractivity contribution in [2.45, 2.75) is 0 Å². The van der Waals surface area contributed by atoms with Gasteiger partial charge in [0.25, 0.3) is 7.57 Å². The summed E-state index contributed by atoms with van der Waals surface area (Å²) in [6.45, 7) is 0. The molecule has 0 aromatic heterocycles. The van der Waals surface area contributed by atoms with Gasteiger partial charge in [0.05, 0.1) is 0 Å². The summed E-state index contributed by atoms with van der Waals surface area (Å²) >= 11 is 0. The van der Waals surface area contributed by atoms with Crippen molar-refractivity contribution in [1.29, 1.82) is 0 Å². The Balaban J connectivity index is 2.27. The summed E-state index contributed by atoms with van der Waals surface area (Å²) in [7, 11) is -16.0. The molecule has 4 fully saturated rings. The fourth-order valence-corrected chi connectivity index (χ4v) is 12.3. The van der Waals surface area contributed by atoms with Gasteiger partial charge < -0.3 is 0 Å². The topological polar surface area (TPSA) is 107 Å². The number of hydrogen-bond acceptors (Lipinski definition) is 9. The van der Waals surface area contributed by atoms with E-state index in [9.17, 15) is 13.7 Å². The zero-order valence-electron chi connectivity index (χ0n) is 6.17. The van der Waals surface area contributed by atoms with Gasteiger partial charge in [-0.1, -0.05) is 0 Å². The lowest BCUT2D eigenvalue weighted by molar-refractivity contribution is 0.110. The van der Waals surface area contributed by atoms with E-state index in [1.165, 1.54) is 0 Å². The Morgan fingerprint density at radius 3 is 1.14 bits per heavy atom. The fourth-order valence-electron chi connectivity index (χ4n) is 1.00. The first-order valence-electron chi connectivity index (χ1n) is 3.05. The molecule has 0 atom stereocenters. The summed E-state index contributed by atoms with van der Waals surface area (Å²) in [6, 6.07) is 0. The summed E-state index contributed by atoms with van der Waals surface area (Å²) in [5, 5.41) is 0. The highest BCUT2D eigenvalue weighted by Gasteiger charge is 2.70. The molecule has 4 heterocycles. The zero-order chi connectivity index (χ0) is 10.2. The Morgan fingerprint density at radius 2 is 0.929 bits per heavy atom. The summed E-state index contributed by atoms with van der Waals surface area (Å²) in [5.41, 5.74) is 0. The van der Waals surface area contributed by atoms with E-state index in [4.69, 9.17) is 0 Å². The minimum Gasteiger partial charge on any atom is -0.226 e. The van der Waals surface area contributed by atoms with Crippen LogP contribution in [0.5, 0.6) is 0 Å². The van der Waals surface area contributed by atoms with Gasteiger partial charge in [-0.3, -0.25) is 0 Å². The second-order valence-electron chi connectivity index (χ2n) is 2.44. The smallest absolute Gasteiger partial charge is 0.226 e. The molecule has 4 aliphatic heterocycles. The second kappa shape index (κ2) is 2.36. The fraction of sp³-hybridized carbons (Fsp3) is 0. The van der Waals surface area contributed by atoms with Crippen molar-refractivity contribution in [3.05, 3.63) is 0 Å². The third-order valence-corrected chi connectivity index (χ3v) is 11.5. The second-order valence-corrected chi connectivity index (χ2v) is 10.3. The molecule has 0 aliphatic carbocycles. The van der Waals surface area contributed by atoms with Gasteiger partial charge in [-0.25, -0.2) is 26.6 Å². The molecular formula is CH2O9P4. The number of hydrogen-bond donors (Lipinski definition) is 0. The first kappa shape index (κ1) is 9.94. The molecule has 0 radical (unpaired) electrons. The Labute approximate surface area is 77.7 Å². The van der Waals surface area contributed by atoms with Crippen LogP contribution in [0.4, 0.5) is 0 Å². The van der Waals surface area contributed by atoms with Gasteiger partial charge in [-0.15, -0.1) is 0 Å². The molecule has 14 heavy (non-hydrogen) atoms. The summed E-state index contributed by atoms with van der Waals surface area (Å²) in [6.07, 6.45) is 3.25. The molecule has 0 amide bonds. The van der Waals surface area contributed by atoms with Crippen LogP contribution < -0.4 is 0 Å². The largest absolute Gasteiger partial charge is 0.499 e. The normalized spacial score (nSPS) is 65.7. The zero-order valence-corrected chi connectivity index (χ0v) is 9.75. The maximum atomic E-state index is 11.5. The molecule has 13 heteroatoms. The molecule has 4 bridgehead atoms. The van der Waals surface area contributed by atoms with Gasteiger partial charge in [0, 0.05) is 0 Å². The van der Waals surface area contributed by atoms with Crippen LogP contribution in [0.1, 0.15) is 0 Å². The molecule has 80 valence electrons. The standard InChI is InChI=1S/CH2O9P4/c1-11-5-12(2)8-13(3,6-11)10-14(4,7-11)9-12/h1H2. The molecule has 4 rings (SSSR count). The molecule has 0 aromatic rings. The van der Waals surface area contributed by atoms with Gasteiger partial charge in [-0.05, 0) is 6.30 Å². The highest BCUT2D eigenvalue weighted by molar-refractivity contribution is 7.91. The quantitative estimate of drug-likeness (QED) is 0.619. The van der Waals surface area contributed by atoms with Crippen LogP contribution in [-0.4, -0.2) is 6.30 Å². The van der Waals surface area contributed by atoms with Crippen molar-refractivity contribution in [3.63, 3.8) is 0 Å². The third kappa shape index (κ3) is 1.30. The van der Waals surface area contributed by atoms with Crippen molar-refractivity contribution >= 4 is 37.3 Å². The molecule has 0 N–H and O–H groups in total. The van der Waals surface area contributed by atoms with Gasteiger partial charge in [-0.2, -0.15) is 12.9 Å². The lowest BCUT2D eigenvalue weighted by atomic mass is 12.0.